The van der Waals surface area contributed by atoms with E-state index >= 15 is 0 Å². The fourth-order valence-electron chi connectivity index (χ4n) is 2.70. The quantitative estimate of drug-likeness (QED) is 0.846. The van der Waals surface area contributed by atoms with Crippen molar-refractivity contribution in [2.24, 2.45) is 7.05 Å². The summed E-state index contributed by atoms with van der Waals surface area (Å²) in [5, 5.41) is 4.41. The second-order valence-electron chi connectivity index (χ2n) is 5.14. The first-order chi connectivity index (χ1) is 10.2. The van der Waals surface area contributed by atoms with Gasteiger partial charge in [-0.15, -0.1) is 23.7 Å². The highest BCUT2D eigenvalue weighted by Crippen LogP contribution is 2.36. The molecule has 1 aliphatic rings. The molecule has 0 radical (unpaired) electrons. The summed E-state index contributed by atoms with van der Waals surface area (Å²) in [5.74, 6) is 1.12. The Morgan fingerprint density at radius 3 is 3.00 bits per heavy atom. The van der Waals surface area contributed by atoms with E-state index in [9.17, 15) is 0 Å². The highest BCUT2D eigenvalue weighted by molar-refractivity contribution is 9.10. The molecule has 1 atom stereocenters. The van der Waals surface area contributed by atoms with Crippen molar-refractivity contribution in [3.63, 3.8) is 0 Å². The summed E-state index contributed by atoms with van der Waals surface area (Å²) < 4.78 is 8.50. The summed E-state index contributed by atoms with van der Waals surface area (Å²) in [6.45, 7) is 3.90. The third-order valence-corrected chi connectivity index (χ3v) is 5.69. The van der Waals surface area contributed by atoms with Crippen molar-refractivity contribution in [1.82, 2.24) is 19.8 Å². The molecular formula is C14H20BrClN4OS. The maximum atomic E-state index is 5.36. The fraction of sp³-hybridized carbons (Fsp3) is 0.500. The van der Waals surface area contributed by atoms with Crippen LogP contribution in [-0.2, 0) is 13.6 Å². The molecule has 122 valence electrons. The molecule has 1 aliphatic heterocycles. The minimum atomic E-state index is 0. The molecular weight excluding hydrogens is 388 g/mol. The number of methoxy groups -OCH3 is 1. The lowest BCUT2D eigenvalue weighted by atomic mass is 10.1. The maximum Gasteiger partial charge on any atom is 0.188 e. The Kier molecular flexibility index (Phi) is 6.28. The molecule has 0 bridgehead atoms. The Morgan fingerprint density at radius 1 is 1.55 bits per heavy atom. The summed E-state index contributed by atoms with van der Waals surface area (Å²) in [4.78, 5) is 8.31. The Morgan fingerprint density at radius 2 is 2.36 bits per heavy atom. The number of piperazine rings is 1. The van der Waals surface area contributed by atoms with E-state index in [1.165, 1.54) is 4.88 Å². The average Bonchev–Trinajstić information content (AvgIpc) is 3.05. The number of aryl methyl sites for hydroxylation is 1. The summed E-state index contributed by atoms with van der Waals surface area (Å²) in [5.41, 5.74) is 0. The highest BCUT2D eigenvalue weighted by Gasteiger charge is 2.27. The molecule has 1 saturated heterocycles. The first-order valence-corrected chi connectivity index (χ1v) is 8.54. The molecule has 1 N–H and O–H groups in total. The summed E-state index contributed by atoms with van der Waals surface area (Å²) in [6.07, 6.45) is 3.87. The predicted molar refractivity (Wildman–Crippen MR) is 95.0 cm³/mol. The third kappa shape index (κ3) is 3.65. The second kappa shape index (κ2) is 7.79. The standard InChI is InChI=1S/C14H19BrN4OS.ClH/c1-18-5-4-17-13(18)12-8-16-3-6-19(12)9-10-7-11(15)14(20-2)21-10;/h4-5,7,12,16H,3,6,8-9H2,1-2H3;1H. The van der Waals surface area contributed by atoms with Gasteiger partial charge in [-0.1, -0.05) is 0 Å². The number of thiophene rings is 1. The molecule has 0 aromatic carbocycles. The van der Waals surface area contributed by atoms with Crippen molar-refractivity contribution in [3.05, 3.63) is 33.6 Å². The molecule has 0 amide bonds. The molecule has 2 aromatic heterocycles. The predicted octanol–water partition coefficient (Wildman–Crippen LogP) is 2.82. The minimum Gasteiger partial charge on any atom is -0.486 e. The topological polar surface area (TPSA) is 42.3 Å². The van der Waals surface area contributed by atoms with Crippen LogP contribution >= 0.6 is 39.7 Å². The van der Waals surface area contributed by atoms with Crippen molar-refractivity contribution in [3.8, 4) is 5.06 Å². The van der Waals surface area contributed by atoms with Crippen molar-refractivity contribution in [2.75, 3.05) is 26.7 Å². The van der Waals surface area contributed by atoms with Crippen LogP contribution in [-0.4, -0.2) is 41.2 Å². The van der Waals surface area contributed by atoms with Gasteiger partial charge in [-0.05, 0) is 22.0 Å². The Balaban J connectivity index is 0.00000176. The number of nitrogens with zero attached hydrogens (tertiary/aromatic N) is 3. The van der Waals surface area contributed by atoms with E-state index in [1.807, 2.05) is 12.4 Å². The molecule has 5 nitrogen and oxygen atoms in total. The van der Waals surface area contributed by atoms with Crippen molar-refractivity contribution in [2.45, 2.75) is 12.6 Å². The number of rotatable bonds is 4. The average molecular weight is 408 g/mol. The van der Waals surface area contributed by atoms with Crippen LogP contribution in [0.15, 0.2) is 22.9 Å². The van der Waals surface area contributed by atoms with E-state index in [4.69, 9.17) is 4.74 Å². The van der Waals surface area contributed by atoms with Crippen molar-refractivity contribution >= 4 is 39.7 Å². The SMILES string of the molecule is COc1sc(CN2CCNCC2c2nccn2C)cc1Br.Cl. The van der Waals surface area contributed by atoms with Crippen LogP contribution in [0.1, 0.15) is 16.7 Å². The third-order valence-electron chi connectivity index (χ3n) is 3.76. The zero-order chi connectivity index (χ0) is 14.8. The monoisotopic (exact) mass is 406 g/mol. The van der Waals surface area contributed by atoms with Gasteiger partial charge in [0.2, 0.25) is 0 Å². The molecule has 0 saturated carbocycles. The van der Waals surface area contributed by atoms with Gasteiger partial charge in [-0.2, -0.15) is 0 Å². The van der Waals surface area contributed by atoms with Gasteiger partial charge in [0.15, 0.2) is 5.06 Å². The molecule has 1 unspecified atom stereocenters. The molecule has 3 rings (SSSR count). The number of nitrogens with one attached hydrogen (secondary N) is 1. The fourth-order valence-corrected chi connectivity index (χ4v) is 4.42. The molecule has 3 heterocycles. The molecule has 2 aromatic rings. The van der Waals surface area contributed by atoms with Crippen LogP contribution in [0, 0.1) is 0 Å². The number of ether oxygens (including phenoxy) is 1. The van der Waals surface area contributed by atoms with E-state index in [0.29, 0.717) is 6.04 Å². The lowest BCUT2D eigenvalue weighted by Gasteiger charge is -2.35. The van der Waals surface area contributed by atoms with E-state index in [2.05, 4.69) is 48.8 Å². The van der Waals surface area contributed by atoms with Gasteiger partial charge >= 0.3 is 0 Å². The van der Waals surface area contributed by atoms with Gasteiger partial charge in [0.05, 0.1) is 17.6 Å². The largest absolute Gasteiger partial charge is 0.486 e. The Labute approximate surface area is 149 Å². The van der Waals surface area contributed by atoms with E-state index in [1.54, 1.807) is 18.4 Å². The van der Waals surface area contributed by atoms with E-state index < -0.39 is 0 Å². The van der Waals surface area contributed by atoms with E-state index in [-0.39, 0.29) is 12.4 Å². The van der Waals surface area contributed by atoms with Crippen molar-refractivity contribution < 1.29 is 4.74 Å². The second-order valence-corrected chi connectivity index (χ2v) is 7.09. The molecule has 1 fully saturated rings. The number of hydrogen-bond acceptors (Lipinski definition) is 5. The zero-order valence-corrected chi connectivity index (χ0v) is 15.8. The van der Waals surface area contributed by atoms with Gasteiger partial charge in [0.25, 0.3) is 0 Å². The molecule has 0 spiro atoms. The summed E-state index contributed by atoms with van der Waals surface area (Å²) in [6, 6.07) is 2.46. The Hall–Kier alpha value is -0.600. The molecule has 22 heavy (non-hydrogen) atoms. The van der Waals surface area contributed by atoms with Crippen LogP contribution in [0.3, 0.4) is 0 Å². The number of aromatic nitrogens is 2. The molecule has 0 aliphatic carbocycles. The maximum absolute atomic E-state index is 5.36. The zero-order valence-electron chi connectivity index (χ0n) is 12.6. The Bertz CT molecular complexity index is 618. The lowest BCUT2D eigenvalue weighted by molar-refractivity contribution is 0.146. The summed E-state index contributed by atoms with van der Waals surface area (Å²) >= 11 is 5.24. The summed E-state index contributed by atoms with van der Waals surface area (Å²) in [7, 11) is 3.77. The van der Waals surface area contributed by atoms with E-state index in [0.717, 1.165) is 41.5 Å². The van der Waals surface area contributed by atoms with Gasteiger partial charge in [-0.3, -0.25) is 4.90 Å². The molecule has 8 heteroatoms. The lowest BCUT2D eigenvalue weighted by Crippen LogP contribution is -2.46. The number of hydrogen-bond donors (Lipinski definition) is 1. The van der Waals surface area contributed by atoms with Crippen LogP contribution in [0.2, 0.25) is 0 Å². The highest BCUT2D eigenvalue weighted by atomic mass is 79.9. The number of imidazole rings is 1. The smallest absolute Gasteiger partial charge is 0.188 e. The number of halogens is 2. The van der Waals surface area contributed by atoms with Crippen LogP contribution < -0.4 is 10.1 Å². The van der Waals surface area contributed by atoms with Gasteiger partial charge in [-0.25, -0.2) is 4.98 Å². The normalized spacial score (nSPS) is 19.0. The minimum absolute atomic E-state index is 0. The first kappa shape index (κ1) is 17.7. The van der Waals surface area contributed by atoms with Crippen LogP contribution in [0.4, 0.5) is 0 Å². The van der Waals surface area contributed by atoms with Crippen LogP contribution in [0.25, 0.3) is 0 Å². The van der Waals surface area contributed by atoms with Gasteiger partial charge < -0.3 is 14.6 Å². The van der Waals surface area contributed by atoms with Gasteiger partial charge in [0, 0.05) is 50.5 Å². The van der Waals surface area contributed by atoms with Gasteiger partial charge in [0.1, 0.15) is 5.82 Å². The van der Waals surface area contributed by atoms with Crippen LogP contribution in [0.5, 0.6) is 5.06 Å². The first-order valence-electron chi connectivity index (χ1n) is 6.93. The van der Waals surface area contributed by atoms with Crippen molar-refractivity contribution in [1.29, 1.82) is 0 Å².